The SMILES string of the molecule is C#CCCN(CC1CCCNC1)C(C)C. The van der Waals surface area contributed by atoms with Crippen molar-refractivity contribution in [1.82, 2.24) is 10.2 Å². The molecule has 15 heavy (non-hydrogen) atoms. The van der Waals surface area contributed by atoms with Gasteiger partial charge in [0.2, 0.25) is 0 Å². The van der Waals surface area contributed by atoms with Crippen LogP contribution in [0.15, 0.2) is 0 Å². The first-order valence-corrected chi connectivity index (χ1v) is 6.12. The van der Waals surface area contributed by atoms with E-state index in [0.29, 0.717) is 6.04 Å². The highest BCUT2D eigenvalue weighted by Crippen LogP contribution is 2.13. The molecule has 1 N–H and O–H groups in total. The van der Waals surface area contributed by atoms with Gasteiger partial charge in [-0.1, -0.05) is 0 Å². The van der Waals surface area contributed by atoms with Crippen LogP contribution in [-0.4, -0.2) is 37.1 Å². The maximum absolute atomic E-state index is 5.32. The van der Waals surface area contributed by atoms with Crippen molar-refractivity contribution < 1.29 is 0 Å². The maximum atomic E-state index is 5.32. The molecule has 0 radical (unpaired) electrons. The van der Waals surface area contributed by atoms with Crippen LogP contribution in [0.3, 0.4) is 0 Å². The molecular formula is C13H24N2. The number of hydrogen-bond donors (Lipinski definition) is 1. The predicted molar refractivity (Wildman–Crippen MR) is 65.8 cm³/mol. The number of nitrogens with zero attached hydrogens (tertiary/aromatic N) is 1. The lowest BCUT2D eigenvalue weighted by molar-refractivity contribution is 0.175. The van der Waals surface area contributed by atoms with E-state index in [1.54, 1.807) is 0 Å². The summed E-state index contributed by atoms with van der Waals surface area (Å²) in [5.41, 5.74) is 0. The molecule has 1 aliphatic rings. The summed E-state index contributed by atoms with van der Waals surface area (Å²) < 4.78 is 0. The molecule has 1 heterocycles. The van der Waals surface area contributed by atoms with Gasteiger partial charge in [0.25, 0.3) is 0 Å². The van der Waals surface area contributed by atoms with Gasteiger partial charge >= 0.3 is 0 Å². The molecule has 0 bridgehead atoms. The molecular weight excluding hydrogens is 184 g/mol. The Kier molecular flexibility index (Phi) is 5.75. The van der Waals surface area contributed by atoms with Crippen LogP contribution < -0.4 is 5.32 Å². The third-order valence-electron chi connectivity index (χ3n) is 3.17. The molecule has 0 aliphatic carbocycles. The van der Waals surface area contributed by atoms with Gasteiger partial charge in [0, 0.05) is 25.6 Å². The second-order valence-electron chi connectivity index (χ2n) is 4.76. The van der Waals surface area contributed by atoms with Gasteiger partial charge in [-0.25, -0.2) is 0 Å². The van der Waals surface area contributed by atoms with Gasteiger partial charge in [-0.15, -0.1) is 12.3 Å². The van der Waals surface area contributed by atoms with Crippen LogP contribution in [0.25, 0.3) is 0 Å². The summed E-state index contributed by atoms with van der Waals surface area (Å²) in [6, 6.07) is 0.611. The van der Waals surface area contributed by atoms with Gasteiger partial charge in [0.1, 0.15) is 0 Å². The van der Waals surface area contributed by atoms with Gasteiger partial charge in [0.15, 0.2) is 0 Å². The topological polar surface area (TPSA) is 15.3 Å². The molecule has 0 amide bonds. The number of rotatable bonds is 5. The van der Waals surface area contributed by atoms with Gasteiger partial charge in [-0.3, -0.25) is 4.90 Å². The van der Waals surface area contributed by atoms with Crippen LogP contribution in [0.2, 0.25) is 0 Å². The van der Waals surface area contributed by atoms with Crippen LogP contribution in [0.4, 0.5) is 0 Å². The van der Waals surface area contributed by atoms with Crippen molar-refractivity contribution in [2.24, 2.45) is 5.92 Å². The second kappa shape index (κ2) is 6.87. The number of piperidine rings is 1. The summed E-state index contributed by atoms with van der Waals surface area (Å²) in [5.74, 6) is 3.55. The Morgan fingerprint density at radius 1 is 1.53 bits per heavy atom. The Hall–Kier alpha value is -0.520. The lowest BCUT2D eigenvalue weighted by Gasteiger charge is -2.32. The first-order chi connectivity index (χ1) is 7.24. The zero-order valence-electron chi connectivity index (χ0n) is 10.1. The highest BCUT2D eigenvalue weighted by Gasteiger charge is 2.18. The molecule has 1 fully saturated rings. The molecule has 0 spiro atoms. The number of hydrogen-bond acceptors (Lipinski definition) is 2. The van der Waals surface area contributed by atoms with E-state index in [-0.39, 0.29) is 0 Å². The predicted octanol–water partition coefficient (Wildman–Crippen LogP) is 1.72. The number of terminal acetylenes is 1. The van der Waals surface area contributed by atoms with E-state index < -0.39 is 0 Å². The Labute approximate surface area is 94.4 Å². The zero-order chi connectivity index (χ0) is 11.1. The van der Waals surface area contributed by atoms with E-state index in [2.05, 4.69) is 30.0 Å². The Morgan fingerprint density at radius 2 is 2.33 bits per heavy atom. The van der Waals surface area contributed by atoms with Crippen molar-refractivity contribution in [2.75, 3.05) is 26.2 Å². The highest BCUT2D eigenvalue weighted by molar-refractivity contribution is 4.86. The lowest BCUT2D eigenvalue weighted by Crippen LogP contribution is -2.41. The van der Waals surface area contributed by atoms with Crippen molar-refractivity contribution in [1.29, 1.82) is 0 Å². The Bertz CT molecular complexity index is 199. The molecule has 0 saturated carbocycles. The fourth-order valence-corrected chi connectivity index (χ4v) is 2.18. The molecule has 0 aromatic rings. The van der Waals surface area contributed by atoms with Crippen molar-refractivity contribution in [3.63, 3.8) is 0 Å². The summed E-state index contributed by atoms with van der Waals surface area (Å²) in [7, 11) is 0. The van der Waals surface area contributed by atoms with Crippen molar-refractivity contribution >= 4 is 0 Å². The molecule has 1 unspecified atom stereocenters. The van der Waals surface area contributed by atoms with E-state index in [1.165, 1.54) is 32.5 Å². The van der Waals surface area contributed by atoms with Crippen molar-refractivity contribution in [3.05, 3.63) is 0 Å². The van der Waals surface area contributed by atoms with E-state index in [0.717, 1.165) is 18.9 Å². The van der Waals surface area contributed by atoms with Crippen LogP contribution in [-0.2, 0) is 0 Å². The van der Waals surface area contributed by atoms with Crippen LogP contribution >= 0.6 is 0 Å². The molecule has 0 aromatic carbocycles. The summed E-state index contributed by atoms with van der Waals surface area (Å²) in [6.45, 7) is 9.14. The molecule has 1 saturated heterocycles. The van der Waals surface area contributed by atoms with E-state index >= 15 is 0 Å². The van der Waals surface area contributed by atoms with Gasteiger partial charge < -0.3 is 5.32 Å². The molecule has 1 atom stereocenters. The van der Waals surface area contributed by atoms with E-state index in [1.807, 2.05) is 0 Å². The monoisotopic (exact) mass is 208 g/mol. The molecule has 1 rings (SSSR count). The quantitative estimate of drug-likeness (QED) is 0.692. The largest absolute Gasteiger partial charge is 0.316 e. The van der Waals surface area contributed by atoms with E-state index in [4.69, 9.17) is 6.42 Å². The smallest absolute Gasteiger partial charge is 0.0214 e. The minimum atomic E-state index is 0.611. The Balaban J connectivity index is 2.32. The fraction of sp³-hybridized carbons (Fsp3) is 0.846. The maximum Gasteiger partial charge on any atom is 0.0214 e. The van der Waals surface area contributed by atoms with Gasteiger partial charge in [-0.2, -0.15) is 0 Å². The minimum absolute atomic E-state index is 0.611. The van der Waals surface area contributed by atoms with Gasteiger partial charge in [0.05, 0.1) is 0 Å². The minimum Gasteiger partial charge on any atom is -0.316 e. The molecule has 1 aliphatic heterocycles. The van der Waals surface area contributed by atoms with Crippen LogP contribution in [0, 0.1) is 18.3 Å². The standard InChI is InChI=1S/C13H24N2/c1-4-5-9-15(12(2)3)11-13-7-6-8-14-10-13/h1,12-14H,5-11H2,2-3H3. The van der Waals surface area contributed by atoms with Crippen molar-refractivity contribution in [3.8, 4) is 12.3 Å². The highest BCUT2D eigenvalue weighted by atomic mass is 15.1. The summed E-state index contributed by atoms with van der Waals surface area (Å²) in [6.07, 6.45) is 8.89. The summed E-state index contributed by atoms with van der Waals surface area (Å²) >= 11 is 0. The molecule has 2 nitrogen and oxygen atoms in total. The third kappa shape index (κ3) is 4.68. The normalized spacial score (nSPS) is 21.9. The lowest BCUT2D eigenvalue weighted by atomic mass is 9.98. The average Bonchev–Trinajstić information content (AvgIpc) is 2.25. The second-order valence-corrected chi connectivity index (χ2v) is 4.76. The molecule has 2 heteroatoms. The first kappa shape index (κ1) is 12.5. The van der Waals surface area contributed by atoms with E-state index in [9.17, 15) is 0 Å². The number of nitrogens with one attached hydrogen (secondary N) is 1. The first-order valence-electron chi connectivity index (χ1n) is 6.12. The molecule has 0 aromatic heterocycles. The third-order valence-corrected chi connectivity index (χ3v) is 3.17. The van der Waals surface area contributed by atoms with Gasteiger partial charge in [-0.05, 0) is 45.7 Å². The zero-order valence-corrected chi connectivity index (χ0v) is 10.1. The summed E-state index contributed by atoms with van der Waals surface area (Å²) in [4.78, 5) is 2.51. The Morgan fingerprint density at radius 3 is 2.87 bits per heavy atom. The average molecular weight is 208 g/mol. The van der Waals surface area contributed by atoms with Crippen LogP contribution in [0.5, 0.6) is 0 Å². The summed E-state index contributed by atoms with van der Waals surface area (Å²) in [5, 5.41) is 3.47. The van der Waals surface area contributed by atoms with Crippen molar-refractivity contribution in [2.45, 2.75) is 39.2 Å². The fourth-order valence-electron chi connectivity index (χ4n) is 2.18. The van der Waals surface area contributed by atoms with Crippen LogP contribution in [0.1, 0.15) is 33.1 Å². The molecule has 86 valence electrons.